The molecule has 0 amide bonds. The summed E-state index contributed by atoms with van der Waals surface area (Å²) in [5.74, 6) is 0.737. The molecule has 1 fully saturated rings. The van der Waals surface area contributed by atoms with E-state index in [1.54, 1.807) is 0 Å². The topological polar surface area (TPSA) is 15.3 Å². The van der Waals surface area contributed by atoms with Crippen LogP contribution in [-0.2, 0) is 0 Å². The first kappa shape index (κ1) is 11.0. The van der Waals surface area contributed by atoms with Crippen LogP contribution in [0.3, 0.4) is 0 Å². The maximum atomic E-state index is 3.55. The summed E-state index contributed by atoms with van der Waals surface area (Å²) in [5, 5.41) is 3.55. The molecule has 0 aromatic heterocycles. The van der Waals surface area contributed by atoms with E-state index in [2.05, 4.69) is 38.0 Å². The maximum Gasteiger partial charge on any atom is 0.0217 e. The molecule has 0 aliphatic heterocycles. The number of rotatable bonds is 6. The quantitative estimate of drug-likeness (QED) is 0.676. The van der Waals surface area contributed by atoms with Gasteiger partial charge in [0.25, 0.3) is 0 Å². The molecule has 1 saturated carbocycles. The van der Waals surface area contributed by atoms with Crippen LogP contribution < -0.4 is 5.32 Å². The predicted octanol–water partition coefficient (Wildman–Crippen LogP) is 1.71. The fourth-order valence-corrected chi connectivity index (χ4v) is 1.75. The molecule has 0 aromatic carbocycles. The van der Waals surface area contributed by atoms with Crippen LogP contribution in [0.1, 0.15) is 33.6 Å². The molecule has 1 atom stereocenters. The van der Waals surface area contributed by atoms with Gasteiger partial charge in [-0.15, -0.1) is 0 Å². The molecule has 2 heteroatoms. The summed E-state index contributed by atoms with van der Waals surface area (Å²) in [5.41, 5.74) is 0. The Hall–Kier alpha value is -0.0800. The lowest BCUT2D eigenvalue weighted by Gasteiger charge is -2.27. The predicted molar refractivity (Wildman–Crippen MR) is 58.0 cm³/mol. The summed E-state index contributed by atoms with van der Waals surface area (Å²) in [6.07, 6.45) is 2.82. The molecule has 1 unspecified atom stereocenters. The Bertz CT molecular complexity index is 141. The molecule has 1 aliphatic rings. The van der Waals surface area contributed by atoms with Crippen LogP contribution in [-0.4, -0.2) is 37.1 Å². The Morgan fingerprint density at radius 2 is 2.00 bits per heavy atom. The monoisotopic (exact) mass is 184 g/mol. The van der Waals surface area contributed by atoms with E-state index < -0.39 is 0 Å². The molecule has 1 aliphatic carbocycles. The number of hydrogen-bond acceptors (Lipinski definition) is 2. The summed E-state index contributed by atoms with van der Waals surface area (Å²) in [7, 11) is 2.25. The third-order valence-corrected chi connectivity index (χ3v) is 2.93. The standard InChI is InChI=1S/C11H24N2/c1-5-12-11(9(2)3)8-13(4)10-6-7-10/h9-12H,5-8H2,1-4H3. The van der Waals surface area contributed by atoms with Gasteiger partial charge in [-0.3, -0.25) is 0 Å². The Kier molecular flexibility index (Phi) is 4.20. The smallest absolute Gasteiger partial charge is 0.0217 e. The lowest BCUT2D eigenvalue weighted by Crippen LogP contribution is -2.43. The fraction of sp³-hybridized carbons (Fsp3) is 1.00. The van der Waals surface area contributed by atoms with Crippen molar-refractivity contribution in [1.29, 1.82) is 0 Å². The van der Waals surface area contributed by atoms with Crippen LogP contribution in [0.4, 0.5) is 0 Å². The third-order valence-electron chi connectivity index (χ3n) is 2.93. The van der Waals surface area contributed by atoms with Crippen molar-refractivity contribution in [1.82, 2.24) is 10.2 Å². The zero-order chi connectivity index (χ0) is 9.84. The lowest BCUT2D eigenvalue weighted by molar-refractivity contribution is 0.249. The molecule has 0 aromatic rings. The number of hydrogen-bond donors (Lipinski definition) is 1. The summed E-state index contributed by atoms with van der Waals surface area (Å²) in [4.78, 5) is 2.51. The van der Waals surface area contributed by atoms with E-state index in [4.69, 9.17) is 0 Å². The minimum absolute atomic E-state index is 0.663. The number of nitrogens with one attached hydrogen (secondary N) is 1. The van der Waals surface area contributed by atoms with Crippen LogP contribution in [0.25, 0.3) is 0 Å². The Morgan fingerprint density at radius 3 is 2.38 bits per heavy atom. The largest absolute Gasteiger partial charge is 0.313 e. The van der Waals surface area contributed by atoms with Crippen LogP contribution >= 0.6 is 0 Å². The van der Waals surface area contributed by atoms with E-state index in [9.17, 15) is 0 Å². The molecule has 78 valence electrons. The summed E-state index contributed by atoms with van der Waals surface area (Å²) >= 11 is 0. The van der Waals surface area contributed by atoms with E-state index in [1.165, 1.54) is 19.4 Å². The van der Waals surface area contributed by atoms with Crippen molar-refractivity contribution in [3.63, 3.8) is 0 Å². The summed E-state index contributed by atoms with van der Waals surface area (Å²) in [6.45, 7) is 9.08. The molecule has 0 heterocycles. The average molecular weight is 184 g/mol. The van der Waals surface area contributed by atoms with Crippen LogP contribution in [0.5, 0.6) is 0 Å². The molecule has 2 nitrogen and oxygen atoms in total. The molecule has 0 spiro atoms. The van der Waals surface area contributed by atoms with E-state index >= 15 is 0 Å². The van der Waals surface area contributed by atoms with Gasteiger partial charge < -0.3 is 10.2 Å². The van der Waals surface area contributed by atoms with Gasteiger partial charge in [-0.2, -0.15) is 0 Å². The molecule has 13 heavy (non-hydrogen) atoms. The molecular formula is C11H24N2. The lowest BCUT2D eigenvalue weighted by atomic mass is 10.0. The van der Waals surface area contributed by atoms with Gasteiger partial charge in [0.05, 0.1) is 0 Å². The SMILES string of the molecule is CCNC(CN(C)C1CC1)C(C)C. The van der Waals surface area contributed by atoms with Crippen molar-refractivity contribution in [2.75, 3.05) is 20.1 Å². The average Bonchev–Trinajstić information content (AvgIpc) is 2.85. The van der Waals surface area contributed by atoms with Crippen molar-refractivity contribution in [3.8, 4) is 0 Å². The fourth-order valence-electron chi connectivity index (χ4n) is 1.75. The van der Waals surface area contributed by atoms with Gasteiger partial charge >= 0.3 is 0 Å². The van der Waals surface area contributed by atoms with Crippen molar-refractivity contribution >= 4 is 0 Å². The van der Waals surface area contributed by atoms with Crippen molar-refractivity contribution in [2.45, 2.75) is 45.7 Å². The minimum atomic E-state index is 0.663. The van der Waals surface area contributed by atoms with E-state index in [1.807, 2.05) is 0 Å². The molecule has 1 rings (SSSR count). The highest BCUT2D eigenvalue weighted by atomic mass is 15.2. The first-order valence-corrected chi connectivity index (χ1v) is 5.58. The summed E-state index contributed by atoms with van der Waals surface area (Å²) < 4.78 is 0. The van der Waals surface area contributed by atoms with Gasteiger partial charge in [-0.1, -0.05) is 20.8 Å². The Balaban J connectivity index is 2.27. The molecule has 0 bridgehead atoms. The highest BCUT2D eigenvalue weighted by molar-refractivity contribution is 4.85. The number of likely N-dealkylation sites (N-methyl/N-ethyl adjacent to an activating group) is 2. The second kappa shape index (κ2) is 4.97. The van der Waals surface area contributed by atoms with Crippen LogP contribution in [0.2, 0.25) is 0 Å². The Labute approximate surface area is 82.7 Å². The number of nitrogens with zero attached hydrogens (tertiary/aromatic N) is 1. The molecule has 0 saturated heterocycles. The van der Waals surface area contributed by atoms with Gasteiger partial charge in [-0.05, 0) is 32.4 Å². The second-order valence-corrected chi connectivity index (χ2v) is 4.58. The van der Waals surface area contributed by atoms with E-state index in [-0.39, 0.29) is 0 Å². The first-order chi connectivity index (χ1) is 6.15. The van der Waals surface area contributed by atoms with Gasteiger partial charge in [0.1, 0.15) is 0 Å². The first-order valence-electron chi connectivity index (χ1n) is 5.58. The second-order valence-electron chi connectivity index (χ2n) is 4.58. The third kappa shape index (κ3) is 3.65. The van der Waals surface area contributed by atoms with E-state index in [0.29, 0.717) is 6.04 Å². The zero-order valence-corrected chi connectivity index (χ0v) is 9.51. The highest BCUT2D eigenvalue weighted by Crippen LogP contribution is 2.25. The van der Waals surface area contributed by atoms with Gasteiger partial charge in [0, 0.05) is 18.6 Å². The van der Waals surface area contributed by atoms with Crippen LogP contribution in [0.15, 0.2) is 0 Å². The van der Waals surface area contributed by atoms with Gasteiger partial charge in [-0.25, -0.2) is 0 Å². The van der Waals surface area contributed by atoms with Crippen molar-refractivity contribution in [3.05, 3.63) is 0 Å². The molecule has 0 radical (unpaired) electrons. The van der Waals surface area contributed by atoms with Crippen molar-refractivity contribution < 1.29 is 0 Å². The highest BCUT2D eigenvalue weighted by Gasteiger charge is 2.28. The van der Waals surface area contributed by atoms with E-state index in [0.717, 1.165) is 18.5 Å². The molecule has 1 N–H and O–H groups in total. The summed E-state index contributed by atoms with van der Waals surface area (Å²) in [6, 6.07) is 1.55. The zero-order valence-electron chi connectivity index (χ0n) is 9.51. The Morgan fingerprint density at radius 1 is 1.38 bits per heavy atom. The normalized spacial score (nSPS) is 19.8. The maximum absolute atomic E-state index is 3.55. The van der Waals surface area contributed by atoms with Gasteiger partial charge in [0.15, 0.2) is 0 Å². The van der Waals surface area contributed by atoms with Crippen molar-refractivity contribution in [2.24, 2.45) is 5.92 Å². The van der Waals surface area contributed by atoms with Crippen LogP contribution in [0, 0.1) is 5.92 Å². The molecular weight excluding hydrogens is 160 g/mol. The minimum Gasteiger partial charge on any atom is -0.313 e. The van der Waals surface area contributed by atoms with Gasteiger partial charge in [0.2, 0.25) is 0 Å².